The lowest BCUT2D eigenvalue weighted by Crippen LogP contribution is -2.53. The van der Waals surface area contributed by atoms with Gasteiger partial charge in [0.1, 0.15) is 12.2 Å². The Labute approximate surface area is 273 Å². The van der Waals surface area contributed by atoms with Crippen LogP contribution in [0.5, 0.6) is 0 Å². The van der Waals surface area contributed by atoms with Crippen molar-refractivity contribution in [2.24, 2.45) is 0 Å². The van der Waals surface area contributed by atoms with E-state index in [0.717, 1.165) is 38.5 Å². The first-order chi connectivity index (χ1) is 21.5. The van der Waals surface area contributed by atoms with Crippen molar-refractivity contribution in [2.75, 3.05) is 6.61 Å². The van der Waals surface area contributed by atoms with Crippen molar-refractivity contribution in [1.82, 2.24) is 5.32 Å². The fraction of sp³-hybridized carbons (Fsp3) is 0.974. The molecule has 1 unspecified atom stereocenters. The highest BCUT2D eigenvalue weighted by atomic mass is 16.3. The molecule has 0 saturated carbocycles. The third-order valence-corrected chi connectivity index (χ3v) is 9.32. The highest BCUT2D eigenvalue weighted by Gasteiger charge is 2.28. The lowest BCUT2D eigenvalue weighted by Gasteiger charge is -2.27. The topological polar surface area (TPSA) is 110 Å². The minimum absolute atomic E-state index is 0.375. The van der Waals surface area contributed by atoms with Crippen molar-refractivity contribution >= 4 is 5.91 Å². The molecule has 0 radical (unpaired) electrons. The fourth-order valence-electron chi connectivity index (χ4n) is 6.17. The normalized spacial score (nSPS) is 14.4. The van der Waals surface area contributed by atoms with Crippen molar-refractivity contribution < 1.29 is 25.2 Å². The van der Waals surface area contributed by atoms with Crippen LogP contribution in [0.15, 0.2) is 0 Å². The maximum absolute atomic E-state index is 12.4. The zero-order valence-electron chi connectivity index (χ0n) is 29.4. The fourth-order valence-corrected chi connectivity index (χ4v) is 6.17. The van der Waals surface area contributed by atoms with E-state index in [0.29, 0.717) is 12.8 Å². The van der Waals surface area contributed by atoms with E-state index in [1.165, 1.54) is 141 Å². The Hall–Kier alpha value is -0.690. The van der Waals surface area contributed by atoms with Crippen molar-refractivity contribution in [1.29, 1.82) is 0 Å². The quantitative estimate of drug-likeness (QED) is 0.0450. The SMILES string of the molecule is CCCCCCCCCCCCCCCCCCC(O)C(=O)N[C@@H](CO)[C@H](O)[C@H](O)CCCCCCCCCCCCCC. The van der Waals surface area contributed by atoms with Gasteiger partial charge in [0.25, 0.3) is 0 Å². The lowest BCUT2D eigenvalue weighted by molar-refractivity contribution is -0.132. The number of aliphatic hydroxyl groups is 4. The molecule has 0 aromatic rings. The van der Waals surface area contributed by atoms with Gasteiger partial charge < -0.3 is 25.7 Å². The molecule has 0 heterocycles. The summed E-state index contributed by atoms with van der Waals surface area (Å²) in [6.45, 7) is 4.04. The van der Waals surface area contributed by atoms with Gasteiger partial charge in [-0.3, -0.25) is 4.79 Å². The Morgan fingerprint density at radius 2 is 0.773 bits per heavy atom. The summed E-state index contributed by atoms with van der Waals surface area (Å²) < 4.78 is 0. The molecule has 5 N–H and O–H groups in total. The van der Waals surface area contributed by atoms with E-state index < -0.39 is 36.9 Å². The summed E-state index contributed by atoms with van der Waals surface area (Å²) in [5.41, 5.74) is 0. The van der Waals surface area contributed by atoms with Crippen molar-refractivity contribution in [3.63, 3.8) is 0 Å². The summed E-state index contributed by atoms with van der Waals surface area (Å²) in [5.74, 6) is -0.582. The van der Waals surface area contributed by atoms with Crippen LogP contribution in [0, 0.1) is 0 Å². The monoisotopic (exact) mass is 628 g/mol. The van der Waals surface area contributed by atoms with Gasteiger partial charge in [0.15, 0.2) is 0 Å². The molecule has 0 rings (SSSR count). The molecule has 6 nitrogen and oxygen atoms in total. The number of hydrogen-bond acceptors (Lipinski definition) is 5. The smallest absolute Gasteiger partial charge is 0.249 e. The number of nitrogens with one attached hydrogen (secondary N) is 1. The van der Waals surface area contributed by atoms with Gasteiger partial charge in [-0.1, -0.05) is 194 Å². The average Bonchev–Trinajstić information content (AvgIpc) is 3.03. The van der Waals surface area contributed by atoms with Gasteiger partial charge in [-0.05, 0) is 12.8 Å². The first-order valence-corrected chi connectivity index (χ1v) is 19.4. The average molecular weight is 628 g/mol. The molecular formula is C38H77NO5. The van der Waals surface area contributed by atoms with Crippen LogP contribution >= 0.6 is 0 Å². The Balaban J connectivity index is 3.76. The van der Waals surface area contributed by atoms with Gasteiger partial charge in [0.05, 0.1) is 18.8 Å². The minimum atomic E-state index is -1.25. The molecule has 0 saturated heterocycles. The molecule has 0 fully saturated rings. The number of rotatable bonds is 35. The van der Waals surface area contributed by atoms with E-state index in [1.807, 2.05) is 0 Å². The summed E-state index contributed by atoms with van der Waals surface area (Å²) in [6.07, 6.45) is 32.6. The number of carbonyl (C=O) groups excluding carboxylic acids is 1. The van der Waals surface area contributed by atoms with Crippen molar-refractivity contribution in [2.45, 2.75) is 231 Å². The van der Waals surface area contributed by atoms with Crippen LogP contribution in [-0.2, 0) is 4.79 Å². The van der Waals surface area contributed by atoms with Crippen LogP contribution in [0.1, 0.15) is 206 Å². The van der Waals surface area contributed by atoms with Gasteiger partial charge >= 0.3 is 0 Å². The molecule has 264 valence electrons. The summed E-state index contributed by atoms with van der Waals surface area (Å²) in [4.78, 5) is 12.4. The van der Waals surface area contributed by atoms with E-state index in [1.54, 1.807) is 0 Å². The Bertz CT molecular complexity index is 590. The standard InChI is InChI=1S/C38H77NO5/c1-3-5-7-9-11-13-15-17-18-19-20-22-24-26-28-30-32-36(42)38(44)39-34(33-40)37(43)35(41)31-29-27-25-23-21-16-14-12-10-8-6-4-2/h34-37,40-43H,3-33H2,1-2H3,(H,39,44)/t34-,35+,36?,37-/m0/s1. The molecule has 6 heteroatoms. The van der Waals surface area contributed by atoms with Crippen LogP contribution in [0.2, 0.25) is 0 Å². The molecule has 0 bridgehead atoms. The predicted molar refractivity (Wildman–Crippen MR) is 187 cm³/mol. The molecule has 0 aromatic carbocycles. The third-order valence-electron chi connectivity index (χ3n) is 9.32. The summed E-state index contributed by atoms with van der Waals surface area (Å²) >= 11 is 0. The summed E-state index contributed by atoms with van der Waals surface area (Å²) in [5, 5.41) is 43.5. The number of amides is 1. The van der Waals surface area contributed by atoms with Gasteiger partial charge in [0.2, 0.25) is 5.91 Å². The van der Waals surface area contributed by atoms with Gasteiger partial charge in [-0.2, -0.15) is 0 Å². The molecule has 0 aliphatic heterocycles. The second-order valence-electron chi connectivity index (χ2n) is 13.6. The molecular weight excluding hydrogens is 550 g/mol. The highest BCUT2D eigenvalue weighted by molar-refractivity contribution is 5.80. The van der Waals surface area contributed by atoms with Crippen LogP contribution in [-0.4, -0.2) is 57.3 Å². The second kappa shape index (κ2) is 33.7. The Morgan fingerprint density at radius 1 is 0.477 bits per heavy atom. The van der Waals surface area contributed by atoms with E-state index in [2.05, 4.69) is 19.2 Å². The van der Waals surface area contributed by atoms with Crippen molar-refractivity contribution in [3.8, 4) is 0 Å². The first kappa shape index (κ1) is 43.3. The maximum atomic E-state index is 12.4. The van der Waals surface area contributed by atoms with E-state index in [-0.39, 0.29) is 0 Å². The molecule has 0 aliphatic rings. The van der Waals surface area contributed by atoms with Gasteiger partial charge in [-0.15, -0.1) is 0 Å². The van der Waals surface area contributed by atoms with E-state index in [4.69, 9.17) is 0 Å². The number of unbranched alkanes of at least 4 members (excludes halogenated alkanes) is 26. The highest BCUT2D eigenvalue weighted by Crippen LogP contribution is 2.16. The predicted octanol–water partition coefficient (Wildman–Crippen LogP) is 9.29. The van der Waals surface area contributed by atoms with Gasteiger partial charge in [-0.25, -0.2) is 0 Å². The Morgan fingerprint density at radius 3 is 1.09 bits per heavy atom. The molecule has 0 aromatic heterocycles. The summed E-state index contributed by atoms with van der Waals surface area (Å²) in [7, 11) is 0. The largest absolute Gasteiger partial charge is 0.394 e. The summed E-state index contributed by atoms with van der Waals surface area (Å²) in [6, 6.07) is -0.977. The molecule has 4 atom stereocenters. The van der Waals surface area contributed by atoms with Crippen LogP contribution < -0.4 is 5.32 Å². The van der Waals surface area contributed by atoms with E-state index >= 15 is 0 Å². The molecule has 44 heavy (non-hydrogen) atoms. The minimum Gasteiger partial charge on any atom is -0.394 e. The molecule has 0 spiro atoms. The zero-order valence-corrected chi connectivity index (χ0v) is 29.4. The lowest BCUT2D eigenvalue weighted by atomic mass is 9.99. The van der Waals surface area contributed by atoms with Crippen molar-refractivity contribution in [3.05, 3.63) is 0 Å². The Kier molecular flexibility index (Phi) is 33.1. The van der Waals surface area contributed by atoms with Crippen LogP contribution in [0.3, 0.4) is 0 Å². The zero-order chi connectivity index (χ0) is 32.5. The maximum Gasteiger partial charge on any atom is 0.249 e. The molecule has 1 amide bonds. The number of aliphatic hydroxyl groups excluding tert-OH is 4. The first-order valence-electron chi connectivity index (χ1n) is 19.4. The molecule has 0 aliphatic carbocycles. The number of carbonyl (C=O) groups is 1. The second-order valence-corrected chi connectivity index (χ2v) is 13.6. The third kappa shape index (κ3) is 27.6. The van der Waals surface area contributed by atoms with Gasteiger partial charge in [0, 0.05) is 0 Å². The van der Waals surface area contributed by atoms with Crippen LogP contribution in [0.25, 0.3) is 0 Å². The number of hydrogen-bond donors (Lipinski definition) is 5. The van der Waals surface area contributed by atoms with Crippen LogP contribution in [0.4, 0.5) is 0 Å². The van der Waals surface area contributed by atoms with E-state index in [9.17, 15) is 25.2 Å².